The monoisotopic (exact) mass is 346 g/mol. The molecule has 2 heterocycles. The van der Waals surface area contributed by atoms with Gasteiger partial charge in [-0.3, -0.25) is 4.79 Å². The number of hydrogen-bond acceptors (Lipinski definition) is 6. The van der Waals surface area contributed by atoms with Crippen LogP contribution in [0.15, 0.2) is 34.9 Å². The zero-order valence-electron chi connectivity index (χ0n) is 14.3. The average molecular weight is 346 g/mol. The van der Waals surface area contributed by atoms with Crippen molar-refractivity contribution in [2.45, 2.75) is 19.4 Å². The van der Waals surface area contributed by atoms with Crippen molar-refractivity contribution < 1.29 is 23.9 Å². The van der Waals surface area contributed by atoms with Gasteiger partial charge < -0.3 is 24.0 Å². The molecule has 25 heavy (non-hydrogen) atoms. The number of benzene rings is 1. The van der Waals surface area contributed by atoms with Crippen LogP contribution in [0.3, 0.4) is 0 Å². The summed E-state index contributed by atoms with van der Waals surface area (Å²) in [7, 11) is 1.58. The Morgan fingerprint density at radius 1 is 1.36 bits per heavy atom. The highest BCUT2D eigenvalue weighted by atomic mass is 16.5. The summed E-state index contributed by atoms with van der Waals surface area (Å²) < 4.78 is 15.9. The van der Waals surface area contributed by atoms with E-state index in [0.29, 0.717) is 31.0 Å². The van der Waals surface area contributed by atoms with Crippen molar-refractivity contribution in [3.8, 4) is 11.5 Å². The molecule has 1 fully saturated rings. The van der Waals surface area contributed by atoms with Crippen LogP contribution in [-0.4, -0.2) is 54.0 Å². The van der Waals surface area contributed by atoms with Crippen LogP contribution in [-0.2, 0) is 11.2 Å². The Bertz CT molecular complexity index is 730. The van der Waals surface area contributed by atoms with Gasteiger partial charge in [0.2, 0.25) is 0 Å². The molecule has 0 saturated carbocycles. The second kappa shape index (κ2) is 7.57. The standard InChI is InChI=1S/C18H22N2O5/c1-12-6-16(25-19-12)7-13-9-20(10-17(13)21)18(22)11-24-15-5-3-4-14(8-15)23-2/h3-6,8,13,17,21H,7,9-11H2,1-2H3/t13-,17-/m1/s1. The highest BCUT2D eigenvalue weighted by Gasteiger charge is 2.34. The molecule has 3 rings (SSSR count). The number of amides is 1. The minimum Gasteiger partial charge on any atom is -0.497 e. The number of carbonyl (C=O) groups is 1. The molecule has 1 N–H and O–H groups in total. The number of likely N-dealkylation sites (tertiary alicyclic amines) is 1. The van der Waals surface area contributed by atoms with Gasteiger partial charge in [-0.1, -0.05) is 11.2 Å². The van der Waals surface area contributed by atoms with Gasteiger partial charge in [0, 0.05) is 37.6 Å². The lowest BCUT2D eigenvalue weighted by Gasteiger charge is -2.16. The molecule has 0 radical (unpaired) electrons. The van der Waals surface area contributed by atoms with E-state index < -0.39 is 6.10 Å². The summed E-state index contributed by atoms with van der Waals surface area (Å²) in [4.78, 5) is 14.0. The first-order valence-corrected chi connectivity index (χ1v) is 8.20. The SMILES string of the molecule is COc1cccc(OCC(=O)N2C[C@@H](Cc3cc(C)no3)[C@H](O)C2)c1. The van der Waals surface area contributed by atoms with Gasteiger partial charge in [0.25, 0.3) is 5.91 Å². The van der Waals surface area contributed by atoms with Crippen molar-refractivity contribution in [1.29, 1.82) is 0 Å². The molecule has 1 saturated heterocycles. The van der Waals surface area contributed by atoms with E-state index in [4.69, 9.17) is 14.0 Å². The minimum absolute atomic E-state index is 0.0619. The molecule has 7 nitrogen and oxygen atoms in total. The average Bonchev–Trinajstić information content (AvgIpc) is 3.19. The Labute approximate surface area is 146 Å². The van der Waals surface area contributed by atoms with Gasteiger partial charge in [-0.05, 0) is 19.1 Å². The zero-order chi connectivity index (χ0) is 17.8. The number of aryl methyl sites for hydroxylation is 1. The number of hydrogen-bond donors (Lipinski definition) is 1. The van der Waals surface area contributed by atoms with Crippen LogP contribution < -0.4 is 9.47 Å². The maximum Gasteiger partial charge on any atom is 0.260 e. The minimum atomic E-state index is -0.578. The van der Waals surface area contributed by atoms with Gasteiger partial charge in [-0.2, -0.15) is 0 Å². The molecular formula is C18H22N2O5. The van der Waals surface area contributed by atoms with E-state index in [1.807, 2.05) is 13.0 Å². The molecule has 134 valence electrons. The maximum atomic E-state index is 12.3. The lowest BCUT2D eigenvalue weighted by atomic mass is 10.0. The predicted octanol–water partition coefficient (Wildman–Crippen LogP) is 1.43. The van der Waals surface area contributed by atoms with Crippen LogP contribution in [0, 0.1) is 12.8 Å². The van der Waals surface area contributed by atoms with Gasteiger partial charge in [0.1, 0.15) is 17.3 Å². The third-order valence-corrected chi connectivity index (χ3v) is 4.30. The molecule has 0 bridgehead atoms. The van der Waals surface area contributed by atoms with E-state index in [2.05, 4.69) is 5.16 Å². The van der Waals surface area contributed by atoms with Crippen molar-refractivity contribution in [1.82, 2.24) is 10.1 Å². The van der Waals surface area contributed by atoms with Crippen LogP contribution in [0.2, 0.25) is 0 Å². The fraction of sp³-hybridized carbons (Fsp3) is 0.444. The van der Waals surface area contributed by atoms with E-state index in [0.717, 1.165) is 11.5 Å². The molecule has 2 aromatic rings. The molecule has 7 heteroatoms. The Morgan fingerprint density at radius 2 is 2.16 bits per heavy atom. The van der Waals surface area contributed by atoms with Crippen molar-refractivity contribution >= 4 is 5.91 Å². The molecule has 0 aliphatic carbocycles. The predicted molar refractivity (Wildman–Crippen MR) is 89.5 cm³/mol. The second-order valence-corrected chi connectivity index (χ2v) is 6.23. The van der Waals surface area contributed by atoms with E-state index in [1.165, 1.54) is 0 Å². The second-order valence-electron chi connectivity index (χ2n) is 6.23. The molecule has 0 spiro atoms. The van der Waals surface area contributed by atoms with E-state index in [1.54, 1.807) is 36.3 Å². The first-order valence-electron chi connectivity index (χ1n) is 8.20. The number of ether oxygens (including phenoxy) is 2. The van der Waals surface area contributed by atoms with Gasteiger partial charge >= 0.3 is 0 Å². The third kappa shape index (κ3) is 4.30. The number of aliphatic hydroxyl groups is 1. The highest BCUT2D eigenvalue weighted by Crippen LogP contribution is 2.23. The van der Waals surface area contributed by atoms with Crippen molar-refractivity contribution in [3.63, 3.8) is 0 Å². The molecule has 1 aromatic carbocycles. The maximum absolute atomic E-state index is 12.3. The van der Waals surface area contributed by atoms with Crippen molar-refractivity contribution in [3.05, 3.63) is 41.8 Å². The van der Waals surface area contributed by atoms with Crippen molar-refractivity contribution in [2.24, 2.45) is 5.92 Å². The van der Waals surface area contributed by atoms with Crippen LogP contribution in [0.5, 0.6) is 11.5 Å². The first-order chi connectivity index (χ1) is 12.0. The summed E-state index contributed by atoms with van der Waals surface area (Å²) in [5, 5.41) is 14.1. The van der Waals surface area contributed by atoms with Gasteiger partial charge in [-0.15, -0.1) is 0 Å². The largest absolute Gasteiger partial charge is 0.497 e. The number of aliphatic hydroxyl groups excluding tert-OH is 1. The molecule has 1 aliphatic rings. The fourth-order valence-corrected chi connectivity index (χ4v) is 2.96. The number of rotatable bonds is 6. The molecular weight excluding hydrogens is 324 g/mol. The molecule has 2 atom stereocenters. The van der Waals surface area contributed by atoms with Gasteiger partial charge in [0.05, 0.1) is 18.9 Å². The number of carbonyl (C=O) groups excluding carboxylic acids is 1. The van der Waals surface area contributed by atoms with Crippen molar-refractivity contribution in [2.75, 3.05) is 26.8 Å². The normalized spacial score (nSPS) is 19.9. The lowest BCUT2D eigenvalue weighted by molar-refractivity contribution is -0.132. The zero-order valence-corrected chi connectivity index (χ0v) is 14.3. The molecule has 0 unspecified atom stereocenters. The Morgan fingerprint density at radius 3 is 2.88 bits per heavy atom. The Balaban J connectivity index is 1.52. The van der Waals surface area contributed by atoms with E-state index in [9.17, 15) is 9.90 Å². The summed E-state index contributed by atoms with van der Waals surface area (Å²) in [5.41, 5.74) is 0.808. The summed E-state index contributed by atoms with van der Waals surface area (Å²) in [6.45, 7) is 2.55. The van der Waals surface area contributed by atoms with Crippen LogP contribution in [0.1, 0.15) is 11.5 Å². The summed E-state index contributed by atoms with van der Waals surface area (Å²) >= 11 is 0. The van der Waals surface area contributed by atoms with Gasteiger partial charge in [0.15, 0.2) is 6.61 Å². The third-order valence-electron chi connectivity index (χ3n) is 4.30. The smallest absolute Gasteiger partial charge is 0.260 e. The molecule has 1 aliphatic heterocycles. The number of nitrogens with zero attached hydrogens (tertiary/aromatic N) is 2. The summed E-state index contributed by atoms with van der Waals surface area (Å²) in [6.07, 6.45) is -0.0196. The summed E-state index contributed by atoms with van der Waals surface area (Å²) in [5.74, 6) is 1.75. The van der Waals surface area contributed by atoms with E-state index in [-0.39, 0.29) is 18.4 Å². The van der Waals surface area contributed by atoms with Crippen LogP contribution >= 0.6 is 0 Å². The topological polar surface area (TPSA) is 85.0 Å². The van der Waals surface area contributed by atoms with E-state index >= 15 is 0 Å². The lowest BCUT2D eigenvalue weighted by Crippen LogP contribution is -2.33. The number of aromatic nitrogens is 1. The number of β-amino-alcohol motifs (C(OH)–C–C–N with tert-alkyl or cyclic N) is 1. The van der Waals surface area contributed by atoms with Gasteiger partial charge in [-0.25, -0.2) is 0 Å². The summed E-state index contributed by atoms with van der Waals surface area (Å²) in [6, 6.07) is 8.95. The Hall–Kier alpha value is -2.54. The highest BCUT2D eigenvalue weighted by molar-refractivity contribution is 5.78. The molecule has 1 amide bonds. The first kappa shape index (κ1) is 17.3. The quantitative estimate of drug-likeness (QED) is 0.852. The van der Waals surface area contributed by atoms with Crippen LogP contribution in [0.4, 0.5) is 0 Å². The van der Waals surface area contributed by atoms with Crippen LogP contribution in [0.25, 0.3) is 0 Å². The number of methoxy groups -OCH3 is 1. The molecule has 1 aromatic heterocycles. The Kier molecular flexibility index (Phi) is 5.23. The fourth-order valence-electron chi connectivity index (χ4n) is 2.96.